The SMILES string of the molecule is CC(C)Cn1c(SCC(=O)N(C)C2CCCCC2)nnc1-c1ccco1. The molecular formula is C19H28N4O2S. The molecule has 1 aliphatic carbocycles. The van der Waals surface area contributed by atoms with Crippen LogP contribution in [0.3, 0.4) is 0 Å². The van der Waals surface area contributed by atoms with Gasteiger partial charge in [-0.1, -0.05) is 44.9 Å². The molecule has 0 atom stereocenters. The Morgan fingerprint density at radius 1 is 1.35 bits per heavy atom. The topological polar surface area (TPSA) is 64.2 Å². The highest BCUT2D eigenvalue weighted by Gasteiger charge is 2.23. The van der Waals surface area contributed by atoms with Gasteiger partial charge in [0.1, 0.15) is 0 Å². The fourth-order valence-electron chi connectivity index (χ4n) is 3.41. The van der Waals surface area contributed by atoms with Crippen LogP contribution >= 0.6 is 11.8 Å². The second kappa shape index (κ2) is 8.75. The molecular weight excluding hydrogens is 348 g/mol. The molecule has 0 radical (unpaired) electrons. The molecule has 142 valence electrons. The Morgan fingerprint density at radius 3 is 2.77 bits per heavy atom. The second-order valence-corrected chi connectivity index (χ2v) is 8.32. The number of amides is 1. The molecule has 0 spiro atoms. The first-order valence-electron chi connectivity index (χ1n) is 9.41. The summed E-state index contributed by atoms with van der Waals surface area (Å²) in [6.07, 6.45) is 7.63. The van der Waals surface area contributed by atoms with E-state index in [0.717, 1.165) is 30.4 Å². The van der Waals surface area contributed by atoms with Crippen molar-refractivity contribution in [1.82, 2.24) is 19.7 Å². The summed E-state index contributed by atoms with van der Waals surface area (Å²) in [4.78, 5) is 14.5. The monoisotopic (exact) mass is 376 g/mol. The lowest BCUT2D eigenvalue weighted by Crippen LogP contribution is -2.39. The van der Waals surface area contributed by atoms with Crippen molar-refractivity contribution in [2.75, 3.05) is 12.8 Å². The van der Waals surface area contributed by atoms with Crippen LogP contribution < -0.4 is 0 Å². The number of aromatic nitrogens is 3. The summed E-state index contributed by atoms with van der Waals surface area (Å²) in [5.41, 5.74) is 0. The summed E-state index contributed by atoms with van der Waals surface area (Å²) in [6, 6.07) is 4.13. The van der Waals surface area contributed by atoms with Gasteiger partial charge in [0.2, 0.25) is 5.91 Å². The van der Waals surface area contributed by atoms with Crippen molar-refractivity contribution in [2.24, 2.45) is 5.92 Å². The molecule has 7 heteroatoms. The van der Waals surface area contributed by atoms with Gasteiger partial charge < -0.3 is 9.32 Å². The zero-order chi connectivity index (χ0) is 18.5. The zero-order valence-corrected chi connectivity index (χ0v) is 16.7. The van der Waals surface area contributed by atoms with Crippen LogP contribution in [-0.4, -0.2) is 44.4 Å². The largest absolute Gasteiger partial charge is 0.461 e. The molecule has 3 rings (SSSR count). The van der Waals surface area contributed by atoms with Gasteiger partial charge in [-0.3, -0.25) is 9.36 Å². The van der Waals surface area contributed by atoms with Crippen LogP contribution in [0.4, 0.5) is 0 Å². The maximum Gasteiger partial charge on any atom is 0.233 e. The van der Waals surface area contributed by atoms with Crippen LogP contribution in [0, 0.1) is 5.92 Å². The fraction of sp³-hybridized carbons (Fsp3) is 0.632. The van der Waals surface area contributed by atoms with E-state index in [0.29, 0.717) is 23.5 Å². The van der Waals surface area contributed by atoms with E-state index < -0.39 is 0 Å². The summed E-state index contributed by atoms with van der Waals surface area (Å²) < 4.78 is 7.55. The van der Waals surface area contributed by atoms with Crippen LogP contribution in [0.1, 0.15) is 46.0 Å². The molecule has 0 aromatic carbocycles. The summed E-state index contributed by atoms with van der Waals surface area (Å²) in [7, 11) is 1.94. The van der Waals surface area contributed by atoms with Gasteiger partial charge >= 0.3 is 0 Å². The maximum atomic E-state index is 12.6. The van der Waals surface area contributed by atoms with Gasteiger partial charge in [0.25, 0.3) is 0 Å². The minimum atomic E-state index is 0.167. The van der Waals surface area contributed by atoms with Crippen molar-refractivity contribution >= 4 is 17.7 Å². The van der Waals surface area contributed by atoms with E-state index in [-0.39, 0.29) is 5.91 Å². The number of nitrogens with zero attached hydrogens (tertiary/aromatic N) is 4. The highest BCUT2D eigenvalue weighted by atomic mass is 32.2. The van der Waals surface area contributed by atoms with Crippen LogP contribution in [0.5, 0.6) is 0 Å². The molecule has 0 saturated heterocycles. The Hall–Kier alpha value is -1.76. The number of rotatable bonds is 7. The molecule has 2 aromatic heterocycles. The normalized spacial score (nSPS) is 15.5. The van der Waals surface area contributed by atoms with E-state index >= 15 is 0 Å². The summed E-state index contributed by atoms with van der Waals surface area (Å²) in [5.74, 6) is 2.43. The molecule has 0 N–H and O–H groups in total. The molecule has 0 unspecified atom stereocenters. The smallest absolute Gasteiger partial charge is 0.233 e. The van der Waals surface area contributed by atoms with Crippen molar-refractivity contribution in [3.8, 4) is 11.6 Å². The fourth-order valence-corrected chi connectivity index (χ4v) is 4.28. The molecule has 0 aliphatic heterocycles. The third-order valence-corrected chi connectivity index (χ3v) is 5.80. The number of thioether (sulfide) groups is 1. The van der Waals surface area contributed by atoms with E-state index in [1.165, 1.54) is 31.0 Å². The lowest BCUT2D eigenvalue weighted by Gasteiger charge is -2.31. The van der Waals surface area contributed by atoms with Gasteiger partial charge in [0.15, 0.2) is 16.7 Å². The van der Waals surface area contributed by atoms with Crippen molar-refractivity contribution in [3.63, 3.8) is 0 Å². The van der Waals surface area contributed by atoms with E-state index in [9.17, 15) is 4.79 Å². The molecule has 26 heavy (non-hydrogen) atoms. The highest BCUT2D eigenvalue weighted by molar-refractivity contribution is 7.99. The number of hydrogen-bond acceptors (Lipinski definition) is 5. The molecule has 1 amide bonds. The van der Waals surface area contributed by atoms with Crippen LogP contribution in [0.2, 0.25) is 0 Å². The highest BCUT2D eigenvalue weighted by Crippen LogP contribution is 2.27. The van der Waals surface area contributed by atoms with Gasteiger partial charge in [-0.15, -0.1) is 10.2 Å². The maximum absolute atomic E-state index is 12.6. The quantitative estimate of drug-likeness (QED) is 0.681. The van der Waals surface area contributed by atoms with Gasteiger partial charge in [-0.2, -0.15) is 0 Å². The Kier molecular flexibility index (Phi) is 6.40. The Morgan fingerprint density at radius 2 is 2.12 bits per heavy atom. The summed E-state index contributed by atoms with van der Waals surface area (Å²) >= 11 is 1.46. The Balaban J connectivity index is 1.68. The van der Waals surface area contributed by atoms with Crippen molar-refractivity contribution < 1.29 is 9.21 Å². The Labute approximate surface area is 159 Å². The Bertz CT molecular complexity index is 705. The van der Waals surface area contributed by atoms with Crippen LogP contribution in [-0.2, 0) is 11.3 Å². The minimum Gasteiger partial charge on any atom is -0.461 e. The standard InChI is InChI=1S/C19H28N4O2S/c1-14(2)12-23-18(16-10-7-11-25-16)20-21-19(23)26-13-17(24)22(3)15-8-5-4-6-9-15/h7,10-11,14-15H,4-6,8-9,12-13H2,1-3H3. The zero-order valence-electron chi connectivity index (χ0n) is 15.9. The average molecular weight is 377 g/mol. The van der Waals surface area contributed by atoms with Crippen molar-refractivity contribution in [2.45, 2.75) is 63.7 Å². The molecule has 1 fully saturated rings. The average Bonchev–Trinajstić information content (AvgIpc) is 3.29. The van der Waals surface area contributed by atoms with E-state index in [2.05, 4.69) is 28.6 Å². The number of carbonyl (C=O) groups is 1. The first-order valence-corrected chi connectivity index (χ1v) is 10.4. The molecule has 2 heterocycles. The summed E-state index contributed by atoms with van der Waals surface area (Å²) in [5, 5.41) is 9.39. The van der Waals surface area contributed by atoms with E-state index in [1.54, 1.807) is 6.26 Å². The summed E-state index contributed by atoms with van der Waals surface area (Å²) in [6.45, 7) is 5.10. The lowest BCUT2D eigenvalue weighted by atomic mass is 9.94. The minimum absolute atomic E-state index is 0.167. The lowest BCUT2D eigenvalue weighted by molar-refractivity contribution is -0.129. The first kappa shape index (κ1) is 19.0. The van der Waals surface area contributed by atoms with E-state index in [1.807, 2.05) is 24.1 Å². The third kappa shape index (κ3) is 4.50. The molecule has 2 aromatic rings. The number of furan rings is 1. The molecule has 6 nitrogen and oxygen atoms in total. The van der Waals surface area contributed by atoms with Crippen molar-refractivity contribution in [1.29, 1.82) is 0 Å². The van der Waals surface area contributed by atoms with Crippen LogP contribution in [0.15, 0.2) is 28.0 Å². The van der Waals surface area contributed by atoms with Gasteiger partial charge in [0, 0.05) is 19.6 Å². The molecule has 0 bridgehead atoms. The number of carbonyl (C=O) groups excluding carboxylic acids is 1. The van der Waals surface area contributed by atoms with Gasteiger partial charge in [-0.25, -0.2) is 0 Å². The molecule has 1 saturated carbocycles. The predicted octanol–water partition coefficient (Wildman–Crippen LogP) is 4.08. The van der Waals surface area contributed by atoms with Gasteiger partial charge in [0.05, 0.1) is 12.0 Å². The predicted molar refractivity (Wildman–Crippen MR) is 103 cm³/mol. The van der Waals surface area contributed by atoms with Gasteiger partial charge in [-0.05, 0) is 30.9 Å². The van der Waals surface area contributed by atoms with E-state index in [4.69, 9.17) is 4.42 Å². The van der Waals surface area contributed by atoms with Crippen molar-refractivity contribution in [3.05, 3.63) is 18.4 Å². The molecule has 1 aliphatic rings. The third-order valence-electron chi connectivity index (χ3n) is 4.85. The second-order valence-electron chi connectivity index (χ2n) is 7.37. The number of hydrogen-bond donors (Lipinski definition) is 0. The van der Waals surface area contributed by atoms with Crippen LogP contribution in [0.25, 0.3) is 11.6 Å². The first-order chi connectivity index (χ1) is 12.6.